The van der Waals surface area contributed by atoms with Gasteiger partial charge in [-0.1, -0.05) is 29.8 Å². The molecule has 0 spiro atoms. The number of ether oxygens (including phenoxy) is 1. The van der Waals surface area contributed by atoms with Crippen LogP contribution in [-0.4, -0.2) is 59.4 Å². The van der Waals surface area contributed by atoms with Crippen LogP contribution in [0.1, 0.15) is 48.9 Å². The van der Waals surface area contributed by atoms with Gasteiger partial charge in [-0.2, -0.15) is 0 Å². The Morgan fingerprint density at radius 2 is 1.72 bits per heavy atom. The fourth-order valence-corrected chi connectivity index (χ4v) is 4.94. The van der Waals surface area contributed by atoms with Gasteiger partial charge >= 0.3 is 0 Å². The van der Waals surface area contributed by atoms with Crippen LogP contribution in [0.4, 0.5) is 0 Å². The van der Waals surface area contributed by atoms with Gasteiger partial charge in [0.2, 0.25) is 5.91 Å². The minimum absolute atomic E-state index is 0.141. The van der Waals surface area contributed by atoms with Gasteiger partial charge in [0.1, 0.15) is 10.9 Å². The third-order valence-corrected chi connectivity index (χ3v) is 6.76. The summed E-state index contributed by atoms with van der Waals surface area (Å²) >= 11 is 6.19. The number of halogens is 1. The average Bonchev–Trinajstić information content (AvgIpc) is 2.84. The Balaban J connectivity index is 1.53. The number of carbonyl (C=O) groups excluding carboxylic acids is 2. The van der Waals surface area contributed by atoms with Crippen molar-refractivity contribution in [3.8, 4) is 5.75 Å². The van der Waals surface area contributed by atoms with Crippen LogP contribution in [0.25, 0.3) is 0 Å². The van der Waals surface area contributed by atoms with Crippen LogP contribution in [-0.2, 0) is 4.79 Å². The Labute approximate surface area is 194 Å². The molecule has 0 aliphatic carbocycles. The highest BCUT2D eigenvalue weighted by Gasteiger charge is 2.41. The van der Waals surface area contributed by atoms with Gasteiger partial charge in [-0.3, -0.25) is 9.59 Å². The summed E-state index contributed by atoms with van der Waals surface area (Å²) < 4.78 is 6.15. The highest BCUT2D eigenvalue weighted by molar-refractivity contribution is 6.32. The van der Waals surface area contributed by atoms with E-state index in [2.05, 4.69) is 4.98 Å². The molecule has 7 heteroatoms. The first-order chi connectivity index (χ1) is 15.6. The van der Waals surface area contributed by atoms with Crippen molar-refractivity contribution >= 4 is 23.4 Å². The van der Waals surface area contributed by atoms with E-state index in [1.54, 1.807) is 18.3 Å². The number of hydrogen-bond acceptors (Lipinski definition) is 4. The van der Waals surface area contributed by atoms with Gasteiger partial charge in [0.15, 0.2) is 0 Å². The SMILES string of the molecule is O=C(C[C@]1(COc2ccccc2)CCCN(C(=O)c2cccnc2Cl)C1)N1CCCCC1. The maximum absolute atomic E-state index is 13.2. The molecule has 0 radical (unpaired) electrons. The Morgan fingerprint density at radius 3 is 2.47 bits per heavy atom. The van der Waals surface area contributed by atoms with Gasteiger partial charge in [0.25, 0.3) is 5.91 Å². The van der Waals surface area contributed by atoms with Gasteiger partial charge in [-0.05, 0) is 56.4 Å². The number of amides is 2. The van der Waals surface area contributed by atoms with Gasteiger partial charge < -0.3 is 14.5 Å². The fraction of sp³-hybridized carbons (Fsp3) is 0.480. The number of pyridine rings is 1. The second kappa shape index (κ2) is 10.3. The molecular weight excluding hydrogens is 426 g/mol. The smallest absolute Gasteiger partial charge is 0.257 e. The Morgan fingerprint density at radius 1 is 0.969 bits per heavy atom. The summed E-state index contributed by atoms with van der Waals surface area (Å²) in [6.07, 6.45) is 6.90. The van der Waals surface area contributed by atoms with Crippen molar-refractivity contribution in [2.45, 2.75) is 38.5 Å². The van der Waals surface area contributed by atoms with Crippen LogP contribution in [0.2, 0.25) is 5.15 Å². The topological polar surface area (TPSA) is 62.7 Å². The van der Waals surface area contributed by atoms with E-state index in [4.69, 9.17) is 16.3 Å². The maximum atomic E-state index is 13.2. The molecule has 3 heterocycles. The average molecular weight is 456 g/mol. The van der Waals surface area contributed by atoms with Gasteiger partial charge in [-0.25, -0.2) is 4.98 Å². The lowest BCUT2D eigenvalue weighted by molar-refractivity contribution is -0.136. The second-order valence-corrected chi connectivity index (χ2v) is 9.25. The third kappa shape index (κ3) is 5.41. The first-order valence-electron chi connectivity index (χ1n) is 11.4. The number of benzene rings is 1. The van der Waals surface area contributed by atoms with Gasteiger partial charge in [0.05, 0.1) is 12.2 Å². The first kappa shape index (κ1) is 22.6. The highest BCUT2D eigenvalue weighted by atomic mass is 35.5. The number of para-hydroxylation sites is 1. The van der Waals surface area contributed by atoms with E-state index in [9.17, 15) is 9.59 Å². The minimum atomic E-state index is -0.438. The summed E-state index contributed by atoms with van der Waals surface area (Å²) in [4.78, 5) is 34.3. The zero-order valence-electron chi connectivity index (χ0n) is 18.3. The van der Waals surface area contributed by atoms with Crippen molar-refractivity contribution in [2.24, 2.45) is 5.41 Å². The van der Waals surface area contributed by atoms with Crippen LogP contribution in [0.3, 0.4) is 0 Å². The van der Waals surface area contributed by atoms with E-state index in [-0.39, 0.29) is 17.0 Å². The number of piperidine rings is 2. The molecule has 2 aromatic rings. The van der Waals surface area contributed by atoms with Crippen LogP contribution in [0.15, 0.2) is 48.7 Å². The molecule has 0 bridgehead atoms. The molecule has 0 unspecified atom stereocenters. The zero-order chi connectivity index (χ0) is 22.4. The van der Waals surface area contributed by atoms with E-state index in [0.717, 1.165) is 44.5 Å². The molecule has 170 valence electrons. The summed E-state index contributed by atoms with van der Waals surface area (Å²) in [6.45, 7) is 3.13. The molecule has 2 fully saturated rings. The number of rotatable bonds is 6. The molecule has 4 rings (SSSR count). The molecule has 2 saturated heterocycles. The lowest BCUT2D eigenvalue weighted by Gasteiger charge is -2.43. The Bertz CT molecular complexity index is 933. The number of hydrogen-bond donors (Lipinski definition) is 0. The van der Waals surface area contributed by atoms with Gasteiger partial charge in [0, 0.05) is 44.2 Å². The lowest BCUT2D eigenvalue weighted by Crippen LogP contribution is -2.51. The van der Waals surface area contributed by atoms with Crippen molar-refractivity contribution in [1.29, 1.82) is 0 Å². The standard InChI is InChI=1S/C25H30ClN3O3/c26-23-21(11-7-13-27-23)24(31)29-16-8-12-25(18-29,19-32-20-9-3-1-4-10-20)17-22(30)28-14-5-2-6-15-28/h1,3-4,7,9-11,13H,2,5-6,8,12,14-19H2/t25-/m1/s1. The van der Waals surface area contributed by atoms with Crippen LogP contribution in [0, 0.1) is 5.41 Å². The van der Waals surface area contributed by atoms with Crippen LogP contribution < -0.4 is 4.74 Å². The quantitative estimate of drug-likeness (QED) is 0.604. The minimum Gasteiger partial charge on any atom is -0.493 e. The van der Waals surface area contributed by atoms with E-state index in [0.29, 0.717) is 31.7 Å². The number of nitrogens with zero attached hydrogens (tertiary/aromatic N) is 3. The van der Waals surface area contributed by atoms with Crippen LogP contribution >= 0.6 is 11.6 Å². The monoisotopic (exact) mass is 455 g/mol. The summed E-state index contributed by atoms with van der Waals surface area (Å²) in [6, 6.07) is 13.1. The van der Waals surface area contributed by atoms with E-state index in [1.807, 2.05) is 40.1 Å². The number of likely N-dealkylation sites (tertiary alicyclic amines) is 2. The van der Waals surface area contributed by atoms with Crippen molar-refractivity contribution < 1.29 is 14.3 Å². The third-order valence-electron chi connectivity index (χ3n) is 6.46. The molecule has 1 aromatic heterocycles. The normalized spacial score (nSPS) is 21.3. The molecule has 32 heavy (non-hydrogen) atoms. The fourth-order valence-electron chi connectivity index (χ4n) is 4.74. The van der Waals surface area contributed by atoms with E-state index < -0.39 is 5.41 Å². The van der Waals surface area contributed by atoms with Crippen molar-refractivity contribution in [1.82, 2.24) is 14.8 Å². The Hall–Kier alpha value is -2.60. The molecule has 1 atom stereocenters. The molecule has 6 nitrogen and oxygen atoms in total. The zero-order valence-corrected chi connectivity index (χ0v) is 19.1. The highest BCUT2D eigenvalue weighted by Crippen LogP contribution is 2.36. The maximum Gasteiger partial charge on any atom is 0.257 e. The largest absolute Gasteiger partial charge is 0.493 e. The molecule has 1 aromatic carbocycles. The number of carbonyl (C=O) groups is 2. The number of aromatic nitrogens is 1. The lowest BCUT2D eigenvalue weighted by atomic mass is 9.77. The second-order valence-electron chi connectivity index (χ2n) is 8.89. The van der Waals surface area contributed by atoms with Gasteiger partial charge in [-0.15, -0.1) is 0 Å². The van der Waals surface area contributed by atoms with Crippen LogP contribution in [0.5, 0.6) is 5.75 Å². The molecule has 2 amide bonds. The summed E-state index contributed by atoms with van der Waals surface area (Å²) in [5.41, 5.74) is -0.0382. The molecule has 2 aliphatic heterocycles. The molecule has 2 aliphatic rings. The summed E-state index contributed by atoms with van der Waals surface area (Å²) in [7, 11) is 0. The summed E-state index contributed by atoms with van der Waals surface area (Å²) in [5.74, 6) is 0.795. The Kier molecular flexibility index (Phi) is 7.30. The molecule has 0 N–H and O–H groups in total. The van der Waals surface area contributed by atoms with Crippen molar-refractivity contribution in [3.05, 3.63) is 59.4 Å². The predicted molar refractivity (Wildman–Crippen MR) is 124 cm³/mol. The predicted octanol–water partition coefficient (Wildman–Crippen LogP) is 4.44. The molecular formula is C25H30ClN3O3. The van der Waals surface area contributed by atoms with E-state index >= 15 is 0 Å². The van der Waals surface area contributed by atoms with Crippen molar-refractivity contribution in [3.63, 3.8) is 0 Å². The van der Waals surface area contributed by atoms with Crippen molar-refractivity contribution in [2.75, 3.05) is 32.8 Å². The molecule has 0 saturated carbocycles. The summed E-state index contributed by atoms with van der Waals surface area (Å²) in [5, 5.41) is 0.207. The first-order valence-corrected chi connectivity index (χ1v) is 11.8. The van der Waals surface area contributed by atoms with E-state index in [1.165, 1.54) is 6.42 Å².